The number of hydrogen-bond donors (Lipinski definition) is 3. The number of benzene rings is 1. The first-order chi connectivity index (χ1) is 16.7. The van der Waals surface area contributed by atoms with Crippen LogP contribution in [-0.2, 0) is 13.1 Å². The molecule has 3 aliphatic rings. The molecule has 0 saturated heterocycles. The van der Waals surface area contributed by atoms with E-state index in [1.54, 1.807) is 0 Å². The first-order valence-corrected chi connectivity index (χ1v) is 13.6. The molecule has 6 nitrogen and oxygen atoms in total. The molecule has 2 fully saturated rings. The molecule has 0 radical (unpaired) electrons. The van der Waals surface area contributed by atoms with Gasteiger partial charge in [0.05, 0.1) is 6.10 Å². The molecule has 0 atom stereocenters. The zero-order valence-electron chi connectivity index (χ0n) is 20.7. The van der Waals surface area contributed by atoms with Gasteiger partial charge in [-0.2, -0.15) is 4.98 Å². The summed E-state index contributed by atoms with van der Waals surface area (Å²) in [5.74, 6) is 1.78. The van der Waals surface area contributed by atoms with Crippen molar-refractivity contribution < 1.29 is 5.11 Å². The second-order valence-electron chi connectivity index (χ2n) is 10.5. The Kier molecular flexibility index (Phi) is 7.65. The summed E-state index contributed by atoms with van der Waals surface area (Å²) >= 11 is 0. The third kappa shape index (κ3) is 5.38. The van der Waals surface area contributed by atoms with Crippen molar-refractivity contribution in [3.8, 4) is 11.1 Å². The predicted octanol–water partition coefficient (Wildman–Crippen LogP) is 5.40. The number of nitrogens with zero attached hydrogens (tertiary/aromatic N) is 3. The summed E-state index contributed by atoms with van der Waals surface area (Å²) < 4.78 is 0. The fraction of sp³-hybridized carbons (Fsp3) is 0.643. The lowest BCUT2D eigenvalue weighted by Gasteiger charge is -2.40. The van der Waals surface area contributed by atoms with Crippen LogP contribution in [0.2, 0.25) is 0 Å². The highest BCUT2D eigenvalue weighted by atomic mass is 16.3. The van der Waals surface area contributed by atoms with Gasteiger partial charge in [-0.05, 0) is 61.6 Å². The van der Waals surface area contributed by atoms with Gasteiger partial charge < -0.3 is 20.6 Å². The van der Waals surface area contributed by atoms with Crippen molar-refractivity contribution in [3.63, 3.8) is 0 Å². The molecule has 0 amide bonds. The minimum absolute atomic E-state index is 0.151. The Morgan fingerprint density at radius 3 is 2.65 bits per heavy atom. The molecule has 2 heterocycles. The van der Waals surface area contributed by atoms with Gasteiger partial charge >= 0.3 is 0 Å². The maximum atomic E-state index is 10.1. The third-order valence-corrected chi connectivity index (χ3v) is 7.96. The first kappa shape index (κ1) is 23.6. The molecule has 2 saturated carbocycles. The number of rotatable bonds is 8. The van der Waals surface area contributed by atoms with Crippen molar-refractivity contribution in [1.82, 2.24) is 15.3 Å². The molecule has 0 bridgehead atoms. The molecule has 1 aromatic heterocycles. The minimum atomic E-state index is -0.151. The second kappa shape index (κ2) is 11.0. The third-order valence-electron chi connectivity index (χ3n) is 7.96. The van der Waals surface area contributed by atoms with Gasteiger partial charge in [0.15, 0.2) is 0 Å². The number of hydrogen-bond acceptors (Lipinski definition) is 6. The van der Waals surface area contributed by atoms with Gasteiger partial charge in [0.2, 0.25) is 5.95 Å². The number of fused-ring (bicyclic) bond motifs is 3. The fourth-order valence-corrected chi connectivity index (χ4v) is 5.89. The van der Waals surface area contributed by atoms with Gasteiger partial charge in [0.1, 0.15) is 5.82 Å². The van der Waals surface area contributed by atoms with Gasteiger partial charge in [-0.3, -0.25) is 0 Å². The first-order valence-electron chi connectivity index (χ1n) is 13.6. The van der Waals surface area contributed by atoms with E-state index in [-0.39, 0.29) is 6.10 Å². The standard InChI is InChI=1S/C28H41N5O/c1-2-3-15-29-28-31-18-26-25-14-9-20(17-30-22-7-5-4-6-8-22)16-21(25)19-33(27(26)32-28)23-10-12-24(34)13-11-23/h9,14,16,18,22-24,30,34H,2-8,10-13,15,17,19H2,1H3,(H,29,31,32). The number of unbranched alkanes of at least 4 members (excludes halogenated alkanes) is 1. The summed E-state index contributed by atoms with van der Waals surface area (Å²) in [5.41, 5.74) is 5.14. The summed E-state index contributed by atoms with van der Waals surface area (Å²) in [4.78, 5) is 12.2. The van der Waals surface area contributed by atoms with Crippen LogP contribution in [0.3, 0.4) is 0 Å². The smallest absolute Gasteiger partial charge is 0.224 e. The van der Waals surface area contributed by atoms with Gasteiger partial charge in [0, 0.05) is 43.5 Å². The molecule has 5 rings (SSSR count). The van der Waals surface area contributed by atoms with Crippen LogP contribution in [0, 0.1) is 0 Å². The van der Waals surface area contributed by atoms with Crippen molar-refractivity contribution in [2.24, 2.45) is 0 Å². The Labute approximate surface area is 204 Å². The quantitative estimate of drug-likeness (QED) is 0.455. The lowest BCUT2D eigenvalue weighted by molar-refractivity contribution is 0.121. The van der Waals surface area contributed by atoms with Crippen LogP contribution < -0.4 is 15.5 Å². The average Bonchev–Trinajstić information content (AvgIpc) is 2.88. The fourth-order valence-electron chi connectivity index (χ4n) is 5.89. The van der Waals surface area contributed by atoms with E-state index in [4.69, 9.17) is 4.98 Å². The summed E-state index contributed by atoms with van der Waals surface area (Å²) in [7, 11) is 0. The van der Waals surface area contributed by atoms with Crippen LogP contribution in [-0.4, -0.2) is 39.8 Å². The van der Waals surface area contributed by atoms with Crippen LogP contribution >= 0.6 is 0 Å². The van der Waals surface area contributed by atoms with E-state index in [9.17, 15) is 5.11 Å². The zero-order valence-corrected chi connectivity index (χ0v) is 20.7. The Balaban J connectivity index is 1.39. The van der Waals surface area contributed by atoms with Gasteiger partial charge in [0.25, 0.3) is 0 Å². The molecule has 2 aromatic rings. The number of aromatic nitrogens is 2. The van der Waals surface area contributed by atoms with Crippen molar-refractivity contribution in [1.29, 1.82) is 0 Å². The molecule has 0 unspecified atom stereocenters. The van der Waals surface area contributed by atoms with E-state index >= 15 is 0 Å². The van der Waals surface area contributed by atoms with Crippen LogP contribution in [0.1, 0.15) is 88.7 Å². The Bertz CT molecular complexity index is 950. The second-order valence-corrected chi connectivity index (χ2v) is 10.5. The molecule has 34 heavy (non-hydrogen) atoms. The normalized spacial score (nSPS) is 22.8. The Hall–Kier alpha value is -2.18. The molecule has 0 spiro atoms. The Morgan fingerprint density at radius 2 is 1.85 bits per heavy atom. The number of nitrogens with one attached hydrogen (secondary N) is 2. The molecule has 2 aliphatic carbocycles. The topological polar surface area (TPSA) is 73.3 Å². The van der Waals surface area contributed by atoms with Gasteiger partial charge in [-0.25, -0.2) is 4.98 Å². The highest BCUT2D eigenvalue weighted by molar-refractivity contribution is 5.81. The van der Waals surface area contributed by atoms with E-state index in [2.05, 4.69) is 45.6 Å². The minimum Gasteiger partial charge on any atom is -0.393 e. The monoisotopic (exact) mass is 463 g/mol. The number of aliphatic hydroxyl groups is 1. The van der Waals surface area contributed by atoms with E-state index in [1.165, 1.54) is 48.8 Å². The van der Waals surface area contributed by atoms with Crippen molar-refractivity contribution >= 4 is 11.8 Å². The van der Waals surface area contributed by atoms with E-state index in [1.807, 2.05) is 6.20 Å². The van der Waals surface area contributed by atoms with Crippen molar-refractivity contribution in [3.05, 3.63) is 35.5 Å². The van der Waals surface area contributed by atoms with Crippen molar-refractivity contribution in [2.75, 3.05) is 16.8 Å². The largest absolute Gasteiger partial charge is 0.393 e. The highest BCUT2D eigenvalue weighted by Gasteiger charge is 2.32. The highest BCUT2D eigenvalue weighted by Crippen LogP contribution is 2.41. The molecular weight excluding hydrogens is 422 g/mol. The van der Waals surface area contributed by atoms with Gasteiger partial charge in [-0.15, -0.1) is 0 Å². The molecule has 6 heteroatoms. The van der Waals surface area contributed by atoms with Crippen LogP contribution in [0.25, 0.3) is 11.1 Å². The molecule has 1 aliphatic heterocycles. The predicted molar refractivity (Wildman–Crippen MR) is 139 cm³/mol. The maximum Gasteiger partial charge on any atom is 0.224 e. The molecule has 1 aromatic carbocycles. The maximum absolute atomic E-state index is 10.1. The van der Waals surface area contributed by atoms with E-state index in [0.29, 0.717) is 12.1 Å². The van der Waals surface area contributed by atoms with Gasteiger partial charge in [-0.1, -0.05) is 50.8 Å². The Morgan fingerprint density at radius 1 is 1.03 bits per heavy atom. The molecule has 184 valence electrons. The van der Waals surface area contributed by atoms with E-state index < -0.39 is 0 Å². The van der Waals surface area contributed by atoms with Crippen LogP contribution in [0.15, 0.2) is 24.4 Å². The lowest BCUT2D eigenvalue weighted by atomic mass is 9.88. The molecule has 3 N–H and O–H groups in total. The SMILES string of the molecule is CCCCNc1ncc2c(n1)N(C1CCC(O)CC1)Cc1cc(CNC3CCCCC3)ccc1-2. The zero-order chi connectivity index (χ0) is 23.3. The summed E-state index contributed by atoms with van der Waals surface area (Å²) in [6.07, 6.45) is 14.6. The lowest BCUT2D eigenvalue weighted by Crippen LogP contribution is -2.41. The number of anilines is 2. The van der Waals surface area contributed by atoms with Crippen molar-refractivity contribution in [2.45, 2.75) is 109 Å². The molecular formula is C28H41N5O. The average molecular weight is 464 g/mol. The number of aliphatic hydroxyl groups excluding tert-OH is 1. The van der Waals surface area contributed by atoms with E-state index in [0.717, 1.165) is 75.5 Å². The summed E-state index contributed by atoms with van der Waals surface area (Å²) in [6, 6.07) is 8.03. The van der Waals surface area contributed by atoms with Crippen LogP contribution in [0.5, 0.6) is 0 Å². The summed E-state index contributed by atoms with van der Waals surface area (Å²) in [5, 5.41) is 17.3. The summed E-state index contributed by atoms with van der Waals surface area (Å²) in [6.45, 7) is 4.92. The van der Waals surface area contributed by atoms with Crippen LogP contribution in [0.4, 0.5) is 11.8 Å².